The Morgan fingerprint density at radius 3 is 2.44 bits per heavy atom. The molecule has 0 amide bonds. The van der Waals surface area contributed by atoms with E-state index in [0.29, 0.717) is 12.0 Å². The third kappa shape index (κ3) is 5.28. The lowest BCUT2D eigenvalue weighted by Crippen LogP contribution is -2.40. The molecule has 0 bridgehead atoms. The highest BCUT2D eigenvalue weighted by Crippen LogP contribution is 2.34. The van der Waals surface area contributed by atoms with Crippen LogP contribution >= 0.6 is 0 Å². The average Bonchev–Trinajstić information content (AvgIpc) is 2.17. The standard InChI is InChI=1S/C13H28N2O/c1-13(7-5-4-6-8-13)11-14-9-12(16)10-15(2)3/h12,14,16H,4-11H2,1-3H3. The number of nitrogens with one attached hydrogen (secondary N) is 1. The minimum atomic E-state index is -0.248. The number of hydrogen-bond acceptors (Lipinski definition) is 3. The van der Waals surface area contributed by atoms with Crippen LogP contribution in [0.25, 0.3) is 0 Å². The number of aliphatic hydroxyl groups excluding tert-OH is 1. The van der Waals surface area contributed by atoms with Crippen LogP contribution in [-0.2, 0) is 0 Å². The third-order valence-electron chi connectivity index (χ3n) is 3.57. The fourth-order valence-corrected chi connectivity index (χ4v) is 2.61. The molecule has 1 unspecified atom stereocenters. The lowest BCUT2D eigenvalue weighted by Gasteiger charge is -2.34. The summed E-state index contributed by atoms with van der Waals surface area (Å²) in [5.41, 5.74) is 0.468. The van der Waals surface area contributed by atoms with E-state index in [2.05, 4.69) is 12.2 Å². The van der Waals surface area contributed by atoms with E-state index in [1.165, 1.54) is 32.1 Å². The summed E-state index contributed by atoms with van der Waals surface area (Å²) < 4.78 is 0. The molecule has 96 valence electrons. The van der Waals surface area contributed by atoms with Crippen molar-refractivity contribution in [1.82, 2.24) is 10.2 Å². The summed E-state index contributed by atoms with van der Waals surface area (Å²) in [4.78, 5) is 2.02. The maximum absolute atomic E-state index is 9.73. The topological polar surface area (TPSA) is 35.5 Å². The van der Waals surface area contributed by atoms with E-state index in [1.807, 2.05) is 19.0 Å². The van der Waals surface area contributed by atoms with Gasteiger partial charge in [-0.05, 0) is 32.4 Å². The molecule has 0 saturated heterocycles. The highest BCUT2D eigenvalue weighted by Gasteiger charge is 2.26. The van der Waals surface area contributed by atoms with Gasteiger partial charge in [0.2, 0.25) is 0 Å². The van der Waals surface area contributed by atoms with Gasteiger partial charge in [-0.3, -0.25) is 0 Å². The molecule has 0 spiro atoms. The molecule has 16 heavy (non-hydrogen) atoms. The van der Waals surface area contributed by atoms with Crippen LogP contribution in [0.4, 0.5) is 0 Å². The van der Waals surface area contributed by atoms with Crippen molar-refractivity contribution in [2.75, 3.05) is 33.7 Å². The van der Waals surface area contributed by atoms with Gasteiger partial charge in [-0.2, -0.15) is 0 Å². The minimum Gasteiger partial charge on any atom is -0.390 e. The SMILES string of the molecule is CN(C)CC(O)CNCC1(C)CCCCC1. The van der Waals surface area contributed by atoms with Crippen LogP contribution < -0.4 is 5.32 Å². The van der Waals surface area contributed by atoms with E-state index in [1.54, 1.807) is 0 Å². The van der Waals surface area contributed by atoms with Gasteiger partial charge in [0.1, 0.15) is 0 Å². The molecule has 1 saturated carbocycles. The van der Waals surface area contributed by atoms with Gasteiger partial charge in [-0.15, -0.1) is 0 Å². The zero-order valence-corrected chi connectivity index (χ0v) is 11.1. The fraction of sp³-hybridized carbons (Fsp3) is 1.00. The number of rotatable bonds is 6. The van der Waals surface area contributed by atoms with Crippen molar-refractivity contribution in [3.8, 4) is 0 Å². The van der Waals surface area contributed by atoms with Gasteiger partial charge in [0.25, 0.3) is 0 Å². The van der Waals surface area contributed by atoms with Crippen molar-refractivity contribution in [2.24, 2.45) is 5.41 Å². The van der Waals surface area contributed by atoms with Crippen LogP contribution in [0, 0.1) is 5.41 Å². The van der Waals surface area contributed by atoms with Crippen LogP contribution in [0.3, 0.4) is 0 Å². The molecule has 3 nitrogen and oxygen atoms in total. The second kappa shape index (κ2) is 6.58. The van der Waals surface area contributed by atoms with E-state index < -0.39 is 0 Å². The number of aliphatic hydroxyl groups is 1. The van der Waals surface area contributed by atoms with E-state index >= 15 is 0 Å². The summed E-state index contributed by atoms with van der Waals surface area (Å²) in [5.74, 6) is 0. The molecular weight excluding hydrogens is 200 g/mol. The number of likely N-dealkylation sites (N-methyl/N-ethyl adjacent to an activating group) is 1. The molecular formula is C13H28N2O. The summed E-state index contributed by atoms with van der Waals surface area (Å²) in [5, 5.41) is 13.2. The molecule has 0 aromatic rings. The number of hydrogen-bond donors (Lipinski definition) is 2. The Bertz CT molecular complexity index is 188. The van der Waals surface area contributed by atoms with E-state index in [0.717, 1.165) is 13.1 Å². The second-order valence-electron chi connectivity index (χ2n) is 5.92. The van der Waals surface area contributed by atoms with Gasteiger partial charge in [-0.1, -0.05) is 26.2 Å². The van der Waals surface area contributed by atoms with Gasteiger partial charge < -0.3 is 15.3 Å². The first-order chi connectivity index (χ1) is 7.52. The molecule has 2 N–H and O–H groups in total. The van der Waals surface area contributed by atoms with Crippen molar-refractivity contribution < 1.29 is 5.11 Å². The normalized spacial score (nSPS) is 22.3. The zero-order chi connectivity index (χ0) is 12.0. The molecule has 0 radical (unpaired) electrons. The molecule has 1 atom stereocenters. The smallest absolute Gasteiger partial charge is 0.0791 e. The van der Waals surface area contributed by atoms with Crippen LogP contribution in [0.1, 0.15) is 39.0 Å². The Kier molecular flexibility index (Phi) is 5.73. The lowest BCUT2D eigenvalue weighted by molar-refractivity contribution is 0.125. The lowest BCUT2D eigenvalue weighted by atomic mass is 9.76. The van der Waals surface area contributed by atoms with Crippen molar-refractivity contribution in [1.29, 1.82) is 0 Å². The molecule has 0 heterocycles. The fourth-order valence-electron chi connectivity index (χ4n) is 2.61. The molecule has 1 aliphatic carbocycles. The quantitative estimate of drug-likeness (QED) is 0.722. The largest absolute Gasteiger partial charge is 0.390 e. The summed E-state index contributed by atoms with van der Waals surface area (Å²) in [6, 6.07) is 0. The van der Waals surface area contributed by atoms with Gasteiger partial charge in [0.05, 0.1) is 6.10 Å². The first-order valence-corrected chi connectivity index (χ1v) is 6.55. The van der Waals surface area contributed by atoms with Crippen LogP contribution in [-0.4, -0.2) is 49.8 Å². The second-order valence-corrected chi connectivity index (χ2v) is 5.92. The molecule has 0 aromatic carbocycles. The third-order valence-corrected chi connectivity index (χ3v) is 3.57. The molecule has 3 heteroatoms. The Hall–Kier alpha value is -0.120. The number of nitrogens with zero attached hydrogens (tertiary/aromatic N) is 1. The van der Waals surface area contributed by atoms with Crippen molar-refractivity contribution >= 4 is 0 Å². The zero-order valence-electron chi connectivity index (χ0n) is 11.1. The predicted molar refractivity (Wildman–Crippen MR) is 68.6 cm³/mol. The Balaban J connectivity index is 2.13. The molecule has 1 rings (SSSR count). The first kappa shape index (κ1) is 13.9. The minimum absolute atomic E-state index is 0.248. The van der Waals surface area contributed by atoms with Crippen LogP contribution in [0.5, 0.6) is 0 Å². The molecule has 0 aromatic heterocycles. The van der Waals surface area contributed by atoms with Gasteiger partial charge in [-0.25, -0.2) is 0 Å². The Morgan fingerprint density at radius 2 is 1.88 bits per heavy atom. The Labute approximate surface area is 100 Å². The van der Waals surface area contributed by atoms with E-state index in [-0.39, 0.29) is 6.10 Å². The van der Waals surface area contributed by atoms with Crippen LogP contribution in [0.15, 0.2) is 0 Å². The van der Waals surface area contributed by atoms with Crippen molar-refractivity contribution in [2.45, 2.75) is 45.1 Å². The van der Waals surface area contributed by atoms with Gasteiger partial charge in [0.15, 0.2) is 0 Å². The predicted octanol–water partition coefficient (Wildman–Crippen LogP) is 1.47. The highest BCUT2D eigenvalue weighted by atomic mass is 16.3. The summed E-state index contributed by atoms with van der Waals surface area (Å²) in [6.07, 6.45) is 6.57. The molecule has 1 aliphatic rings. The van der Waals surface area contributed by atoms with Crippen molar-refractivity contribution in [3.63, 3.8) is 0 Å². The maximum atomic E-state index is 9.73. The summed E-state index contributed by atoms with van der Waals surface area (Å²) in [6.45, 7) is 4.88. The van der Waals surface area contributed by atoms with Crippen molar-refractivity contribution in [3.05, 3.63) is 0 Å². The van der Waals surface area contributed by atoms with E-state index in [4.69, 9.17) is 0 Å². The first-order valence-electron chi connectivity index (χ1n) is 6.55. The van der Waals surface area contributed by atoms with Crippen LogP contribution in [0.2, 0.25) is 0 Å². The monoisotopic (exact) mass is 228 g/mol. The highest BCUT2D eigenvalue weighted by molar-refractivity contribution is 4.81. The van der Waals surface area contributed by atoms with Gasteiger partial charge in [0, 0.05) is 19.6 Å². The maximum Gasteiger partial charge on any atom is 0.0791 e. The average molecular weight is 228 g/mol. The van der Waals surface area contributed by atoms with E-state index in [9.17, 15) is 5.11 Å². The summed E-state index contributed by atoms with van der Waals surface area (Å²) >= 11 is 0. The van der Waals surface area contributed by atoms with Gasteiger partial charge >= 0.3 is 0 Å². The molecule has 0 aliphatic heterocycles. The summed E-state index contributed by atoms with van der Waals surface area (Å²) in [7, 11) is 3.98. The molecule has 1 fully saturated rings. The Morgan fingerprint density at radius 1 is 1.25 bits per heavy atom.